The minimum atomic E-state index is -1.36. The third-order valence-electron chi connectivity index (χ3n) is 4.65. The fraction of sp³-hybridized carbons (Fsp3) is 0.353. The number of aryl methyl sites for hydroxylation is 1. The molecule has 0 spiro atoms. The Morgan fingerprint density at radius 3 is 2.56 bits per heavy atom. The minimum absolute atomic E-state index is 0.0255. The number of nitrogens with zero attached hydrogens (tertiary/aromatic N) is 3. The van der Waals surface area contributed by atoms with Crippen molar-refractivity contribution in [1.82, 2.24) is 19.5 Å². The molecular formula is C17H19N5O5. The molecule has 1 aliphatic heterocycles. The zero-order chi connectivity index (χ0) is 19.3. The van der Waals surface area contributed by atoms with Crippen molar-refractivity contribution in [2.24, 2.45) is 0 Å². The second-order valence-corrected chi connectivity index (χ2v) is 6.52. The Labute approximate surface area is 152 Å². The first kappa shape index (κ1) is 17.6. The number of hydrogen-bond donors (Lipinski definition) is 5. The molecule has 1 fully saturated rings. The van der Waals surface area contributed by atoms with Crippen molar-refractivity contribution < 1.29 is 20.1 Å². The zero-order valence-corrected chi connectivity index (χ0v) is 14.4. The van der Waals surface area contributed by atoms with Crippen molar-refractivity contribution >= 4 is 17.1 Å². The maximum absolute atomic E-state index is 12.3. The zero-order valence-electron chi connectivity index (χ0n) is 14.4. The van der Waals surface area contributed by atoms with Crippen LogP contribution in [0.4, 0.5) is 5.95 Å². The summed E-state index contributed by atoms with van der Waals surface area (Å²) >= 11 is 0. The van der Waals surface area contributed by atoms with Crippen molar-refractivity contribution in [3.8, 4) is 11.4 Å². The van der Waals surface area contributed by atoms with Crippen LogP contribution >= 0.6 is 0 Å². The Bertz CT molecular complexity index is 1040. The predicted octanol–water partition coefficient (Wildman–Crippen LogP) is -0.711. The SMILES string of the molecule is Cc1ccc(-c2nc3c(=O)[nH]c(N)nc3n2C2OC(CO)C(O)C2O)cc1. The Morgan fingerprint density at radius 2 is 1.93 bits per heavy atom. The molecule has 4 unspecified atom stereocenters. The number of aromatic nitrogens is 4. The molecule has 0 amide bonds. The van der Waals surface area contributed by atoms with Gasteiger partial charge in [-0.05, 0) is 6.92 Å². The van der Waals surface area contributed by atoms with E-state index < -0.39 is 36.7 Å². The highest BCUT2D eigenvalue weighted by Gasteiger charge is 2.45. The van der Waals surface area contributed by atoms with Crippen LogP contribution in [0.3, 0.4) is 0 Å². The van der Waals surface area contributed by atoms with Crippen molar-refractivity contribution in [2.75, 3.05) is 12.3 Å². The van der Waals surface area contributed by atoms with Crippen LogP contribution in [-0.4, -0.2) is 59.8 Å². The van der Waals surface area contributed by atoms with Gasteiger partial charge in [-0.2, -0.15) is 4.98 Å². The fourth-order valence-corrected chi connectivity index (χ4v) is 3.24. The smallest absolute Gasteiger partial charge is 0.280 e. The van der Waals surface area contributed by atoms with Crippen LogP contribution in [0.1, 0.15) is 11.8 Å². The fourth-order valence-electron chi connectivity index (χ4n) is 3.24. The molecule has 2 aromatic heterocycles. The Morgan fingerprint density at radius 1 is 1.22 bits per heavy atom. The number of nitrogens with one attached hydrogen (secondary N) is 1. The van der Waals surface area contributed by atoms with E-state index in [4.69, 9.17) is 10.5 Å². The molecule has 10 heteroatoms. The van der Waals surface area contributed by atoms with Gasteiger partial charge in [0, 0.05) is 5.56 Å². The summed E-state index contributed by atoms with van der Waals surface area (Å²) in [5.74, 6) is 0.208. The van der Waals surface area contributed by atoms with Crippen molar-refractivity contribution in [3.63, 3.8) is 0 Å². The summed E-state index contributed by atoms with van der Waals surface area (Å²) in [7, 11) is 0. The van der Waals surface area contributed by atoms with Crippen molar-refractivity contribution in [2.45, 2.75) is 31.5 Å². The van der Waals surface area contributed by atoms with Crippen LogP contribution in [0.15, 0.2) is 29.1 Å². The molecule has 3 aromatic rings. The molecule has 1 aromatic carbocycles. The highest BCUT2D eigenvalue weighted by Crippen LogP contribution is 2.35. The van der Waals surface area contributed by atoms with E-state index in [0.29, 0.717) is 11.4 Å². The summed E-state index contributed by atoms with van der Waals surface area (Å²) in [6.45, 7) is 1.46. The van der Waals surface area contributed by atoms with Crippen molar-refractivity contribution in [3.05, 3.63) is 40.2 Å². The number of ether oxygens (including phenoxy) is 1. The lowest BCUT2D eigenvalue weighted by atomic mass is 10.1. The first-order valence-electron chi connectivity index (χ1n) is 8.38. The number of hydrogen-bond acceptors (Lipinski definition) is 8. The van der Waals surface area contributed by atoms with Crippen LogP contribution < -0.4 is 11.3 Å². The van der Waals surface area contributed by atoms with Gasteiger partial charge in [-0.25, -0.2) is 4.98 Å². The number of imidazole rings is 1. The van der Waals surface area contributed by atoms with E-state index in [9.17, 15) is 20.1 Å². The molecule has 0 bridgehead atoms. The molecule has 4 atom stereocenters. The monoisotopic (exact) mass is 373 g/mol. The second-order valence-electron chi connectivity index (χ2n) is 6.52. The van der Waals surface area contributed by atoms with E-state index in [-0.39, 0.29) is 17.1 Å². The number of nitrogen functional groups attached to an aromatic ring is 1. The minimum Gasteiger partial charge on any atom is -0.394 e. The highest BCUT2D eigenvalue weighted by molar-refractivity contribution is 5.77. The maximum Gasteiger partial charge on any atom is 0.280 e. The molecule has 1 aliphatic rings. The van der Waals surface area contributed by atoms with Gasteiger partial charge >= 0.3 is 0 Å². The number of rotatable bonds is 3. The Hall–Kier alpha value is -2.79. The molecule has 0 radical (unpaired) electrons. The van der Waals surface area contributed by atoms with Gasteiger partial charge in [-0.3, -0.25) is 14.3 Å². The van der Waals surface area contributed by atoms with E-state index in [1.807, 2.05) is 31.2 Å². The van der Waals surface area contributed by atoms with Gasteiger partial charge < -0.3 is 25.8 Å². The van der Waals surface area contributed by atoms with Gasteiger partial charge in [0.15, 0.2) is 17.4 Å². The largest absolute Gasteiger partial charge is 0.394 e. The lowest BCUT2D eigenvalue weighted by Gasteiger charge is -2.19. The summed E-state index contributed by atoms with van der Waals surface area (Å²) in [4.78, 5) is 23.2. The molecule has 0 saturated carbocycles. The molecule has 10 nitrogen and oxygen atoms in total. The van der Waals surface area contributed by atoms with Gasteiger partial charge in [0.2, 0.25) is 5.95 Å². The van der Waals surface area contributed by atoms with Gasteiger partial charge in [0.1, 0.15) is 24.1 Å². The summed E-state index contributed by atoms with van der Waals surface area (Å²) in [5.41, 5.74) is 6.98. The topological polar surface area (TPSA) is 160 Å². The molecule has 3 heterocycles. The number of aliphatic hydroxyl groups is 3. The number of benzene rings is 1. The summed E-state index contributed by atoms with van der Waals surface area (Å²) in [6.07, 6.45) is -4.74. The molecule has 0 aliphatic carbocycles. The standard InChI is InChI=1S/C17H19N5O5/c1-7-2-4-8(5-3-7)13-19-10-14(20-17(18)21-15(10)26)22(13)16-12(25)11(24)9(6-23)27-16/h2-5,9,11-12,16,23-25H,6H2,1H3,(H3,18,20,21,26). The Kier molecular flexibility index (Phi) is 4.19. The third-order valence-corrected chi connectivity index (χ3v) is 4.65. The average molecular weight is 373 g/mol. The Balaban J connectivity index is 1.98. The van der Waals surface area contributed by atoms with Crippen LogP contribution in [0, 0.1) is 6.92 Å². The van der Waals surface area contributed by atoms with Crippen molar-refractivity contribution in [1.29, 1.82) is 0 Å². The third kappa shape index (κ3) is 2.79. The van der Waals surface area contributed by atoms with Gasteiger partial charge in [0.05, 0.1) is 6.61 Å². The summed E-state index contributed by atoms with van der Waals surface area (Å²) in [5, 5.41) is 30.0. The van der Waals surface area contributed by atoms with Gasteiger partial charge in [0.25, 0.3) is 5.56 Å². The molecule has 27 heavy (non-hydrogen) atoms. The highest BCUT2D eigenvalue weighted by atomic mass is 16.6. The van der Waals surface area contributed by atoms with E-state index in [1.165, 1.54) is 4.57 Å². The van der Waals surface area contributed by atoms with Crippen LogP contribution in [-0.2, 0) is 4.74 Å². The molecule has 142 valence electrons. The van der Waals surface area contributed by atoms with E-state index in [1.54, 1.807) is 0 Å². The van der Waals surface area contributed by atoms with E-state index >= 15 is 0 Å². The normalized spacial score (nSPS) is 25.3. The van der Waals surface area contributed by atoms with E-state index in [0.717, 1.165) is 5.56 Å². The lowest BCUT2D eigenvalue weighted by Crippen LogP contribution is -2.33. The van der Waals surface area contributed by atoms with Gasteiger partial charge in [-0.15, -0.1) is 0 Å². The first-order chi connectivity index (χ1) is 12.9. The quantitative estimate of drug-likeness (QED) is 0.402. The molecule has 6 N–H and O–H groups in total. The van der Waals surface area contributed by atoms with Crippen LogP contribution in [0.5, 0.6) is 0 Å². The van der Waals surface area contributed by atoms with Gasteiger partial charge in [-0.1, -0.05) is 29.8 Å². The lowest BCUT2D eigenvalue weighted by molar-refractivity contribution is -0.0503. The number of anilines is 1. The van der Waals surface area contributed by atoms with Crippen LogP contribution in [0.2, 0.25) is 0 Å². The first-order valence-corrected chi connectivity index (χ1v) is 8.38. The predicted molar refractivity (Wildman–Crippen MR) is 95.7 cm³/mol. The summed E-state index contributed by atoms with van der Waals surface area (Å²) < 4.78 is 7.06. The van der Waals surface area contributed by atoms with E-state index in [2.05, 4.69) is 15.0 Å². The molecular weight excluding hydrogens is 354 g/mol. The number of nitrogens with two attached hydrogens (primary N) is 1. The van der Waals surface area contributed by atoms with Crippen LogP contribution in [0.25, 0.3) is 22.6 Å². The molecule has 4 rings (SSSR count). The number of aliphatic hydroxyl groups excluding tert-OH is 3. The average Bonchev–Trinajstić information content (AvgIpc) is 3.14. The number of aromatic amines is 1. The summed E-state index contributed by atoms with van der Waals surface area (Å²) in [6, 6.07) is 7.38. The number of H-pyrrole nitrogens is 1. The maximum atomic E-state index is 12.3. The number of fused-ring (bicyclic) bond motifs is 1. The molecule has 1 saturated heterocycles. The second kappa shape index (κ2) is 6.43.